The normalized spacial score (nSPS) is 14.7. The topological polar surface area (TPSA) is 59.8 Å². The van der Waals surface area contributed by atoms with Gasteiger partial charge >= 0.3 is 5.69 Å². The first kappa shape index (κ1) is 14.3. The number of thiol groups is 2. The highest BCUT2D eigenvalue weighted by Gasteiger charge is 2.18. The number of nitrogens with zero attached hydrogens (tertiary/aromatic N) is 2. The maximum Gasteiger partial charge on any atom is 0.328 e. The molecule has 19 heavy (non-hydrogen) atoms. The van der Waals surface area contributed by atoms with E-state index in [9.17, 15) is 9.59 Å². The zero-order valence-electron chi connectivity index (χ0n) is 10.9. The molecular weight excluding hydrogens is 282 g/mol. The quantitative estimate of drug-likeness (QED) is 0.739. The highest BCUT2D eigenvalue weighted by Crippen LogP contribution is 2.20. The number of aromatic amines is 1. The summed E-state index contributed by atoms with van der Waals surface area (Å²) in [5.74, 6) is 0.579. The highest BCUT2D eigenvalue weighted by molar-refractivity contribution is 7.85. The van der Waals surface area contributed by atoms with Gasteiger partial charge in [0.15, 0.2) is 0 Å². The maximum absolute atomic E-state index is 12.3. The number of H-pyrrole nitrogens is 1. The summed E-state index contributed by atoms with van der Waals surface area (Å²) in [5.41, 5.74) is 0.421. The van der Waals surface area contributed by atoms with Crippen LogP contribution in [0.5, 0.6) is 0 Å². The van der Waals surface area contributed by atoms with Crippen LogP contribution in [-0.2, 0) is 13.6 Å². The third-order valence-electron chi connectivity index (χ3n) is 3.22. The highest BCUT2D eigenvalue weighted by atomic mass is 32.1. The van der Waals surface area contributed by atoms with Gasteiger partial charge in [0, 0.05) is 30.3 Å². The molecular formula is C12H17N3O2S2. The maximum atomic E-state index is 12.3. The zero-order chi connectivity index (χ0) is 14.2. The molecule has 0 fully saturated rings. The van der Waals surface area contributed by atoms with Crippen LogP contribution < -0.4 is 11.2 Å². The molecule has 0 saturated carbocycles. The zero-order valence-corrected chi connectivity index (χ0v) is 12.7. The Morgan fingerprint density at radius 1 is 1.42 bits per heavy atom. The molecule has 5 nitrogen and oxygen atoms in total. The second-order valence-electron chi connectivity index (χ2n) is 4.98. The van der Waals surface area contributed by atoms with Gasteiger partial charge in [-0.15, -0.1) is 0 Å². The van der Waals surface area contributed by atoms with Crippen molar-refractivity contribution in [3.05, 3.63) is 33.1 Å². The van der Waals surface area contributed by atoms with Gasteiger partial charge in [-0.05, 0) is 19.4 Å². The van der Waals surface area contributed by atoms with Gasteiger partial charge in [-0.1, -0.05) is 0 Å². The summed E-state index contributed by atoms with van der Waals surface area (Å²) in [6.07, 6.45) is 2.35. The van der Waals surface area contributed by atoms with Gasteiger partial charge in [-0.25, -0.2) is 4.79 Å². The number of hydrogen-bond donors (Lipinski definition) is 3. The summed E-state index contributed by atoms with van der Waals surface area (Å²) in [6, 6.07) is 1.72. The van der Waals surface area contributed by atoms with Crippen LogP contribution in [0.15, 0.2) is 21.9 Å². The molecule has 0 amide bonds. The van der Waals surface area contributed by atoms with Gasteiger partial charge in [0.05, 0.1) is 5.52 Å². The van der Waals surface area contributed by atoms with E-state index >= 15 is 0 Å². The molecule has 0 bridgehead atoms. The lowest BCUT2D eigenvalue weighted by molar-refractivity contribution is 0.534. The Morgan fingerprint density at radius 3 is 2.74 bits per heavy atom. The summed E-state index contributed by atoms with van der Waals surface area (Å²) in [5, 5.41) is 0. The number of aryl methyl sites for hydroxylation is 1. The minimum Gasteiger partial charge on any atom is -0.345 e. The van der Waals surface area contributed by atoms with Gasteiger partial charge < -0.3 is 9.55 Å². The van der Waals surface area contributed by atoms with Crippen molar-refractivity contribution < 1.29 is 0 Å². The van der Waals surface area contributed by atoms with Crippen molar-refractivity contribution in [3.8, 4) is 0 Å². The molecule has 104 valence electrons. The molecule has 0 aliphatic heterocycles. The summed E-state index contributed by atoms with van der Waals surface area (Å²) in [4.78, 5) is 27.0. The van der Waals surface area contributed by atoms with Crippen molar-refractivity contribution in [2.45, 2.75) is 24.6 Å². The second-order valence-corrected chi connectivity index (χ2v) is 6.38. The number of rotatable bonds is 4. The fourth-order valence-electron chi connectivity index (χ4n) is 1.93. The average Bonchev–Trinajstić information content (AvgIpc) is 2.70. The number of fused-ring (bicyclic) bond motifs is 1. The molecule has 0 spiro atoms. The minimum absolute atomic E-state index is 0.269. The molecule has 7 heteroatoms. The molecule has 1 atom stereocenters. The third kappa shape index (κ3) is 2.76. The predicted octanol–water partition coefficient (Wildman–Crippen LogP) is 1.04. The Balaban J connectivity index is 2.46. The van der Waals surface area contributed by atoms with Crippen molar-refractivity contribution in [3.63, 3.8) is 0 Å². The van der Waals surface area contributed by atoms with E-state index in [2.05, 4.69) is 30.2 Å². The lowest BCUT2D eigenvalue weighted by Crippen LogP contribution is -2.37. The van der Waals surface area contributed by atoms with Crippen LogP contribution in [0.25, 0.3) is 11.0 Å². The van der Waals surface area contributed by atoms with Crippen molar-refractivity contribution in [1.29, 1.82) is 0 Å². The Hall–Kier alpha value is -1.08. The van der Waals surface area contributed by atoms with E-state index in [1.54, 1.807) is 23.9 Å². The van der Waals surface area contributed by atoms with Crippen molar-refractivity contribution in [2.75, 3.05) is 5.75 Å². The van der Waals surface area contributed by atoms with E-state index in [1.165, 1.54) is 4.57 Å². The lowest BCUT2D eigenvalue weighted by Gasteiger charge is -2.20. The van der Waals surface area contributed by atoms with E-state index in [4.69, 9.17) is 0 Å². The van der Waals surface area contributed by atoms with E-state index in [-0.39, 0.29) is 16.0 Å². The summed E-state index contributed by atoms with van der Waals surface area (Å²) >= 11 is 8.67. The monoisotopic (exact) mass is 299 g/mol. The van der Waals surface area contributed by atoms with Crippen LogP contribution in [0.3, 0.4) is 0 Å². The van der Waals surface area contributed by atoms with E-state index in [0.717, 1.165) is 0 Å². The Bertz CT molecular complexity index is 712. The standard InChI is InChI=1S/C12H17N3O2S2/c1-12(19,7-18)4-6-15-10(16)9-8(13-11(15)17)3-5-14(9)2/h3,5,18-19H,4,6-7H2,1-2H3,(H,13,17)/t12-/m1/s1. The van der Waals surface area contributed by atoms with Gasteiger partial charge in [0.25, 0.3) is 5.56 Å². The average molecular weight is 299 g/mol. The fourth-order valence-corrected chi connectivity index (χ4v) is 2.19. The lowest BCUT2D eigenvalue weighted by atomic mass is 10.1. The molecule has 2 rings (SSSR count). The molecule has 2 aromatic heterocycles. The molecule has 0 aliphatic rings. The molecule has 0 aliphatic carbocycles. The van der Waals surface area contributed by atoms with Gasteiger partial charge in [-0.3, -0.25) is 9.36 Å². The van der Waals surface area contributed by atoms with E-state index in [1.807, 2.05) is 6.92 Å². The Morgan fingerprint density at radius 2 is 2.11 bits per heavy atom. The molecule has 2 heterocycles. The first-order valence-corrected chi connectivity index (χ1v) is 7.05. The van der Waals surface area contributed by atoms with Crippen LogP contribution in [0.1, 0.15) is 13.3 Å². The van der Waals surface area contributed by atoms with Gasteiger partial charge in [-0.2, -0.15) is 25.3 Å². The van der Waals surface area contributed by atoms with Crippen LogP contribution in [-0.4, -0.2) is 24.6 Å². The number of hydrogen-bond acceptors (Lipinski definition) is 4. The number of aromatic nitrogens is 3. The van der Waals surface area contributed by atoms with Crippen LogP contribution in [0.2, 0.25) is 0 Å². The third-order valence-corrected chi connectivity index (χ3v) is 4.55. The van der Waals surface area contributed by atoms with Crippen molar-refractivity contribution >= 4 is 36.3 Å². The molecule has 2 aromatic rings. The van der Waals surface area contributed by atoms with Crippen molar-refractivity contribution in [2.24, 2.45) is 7.05 Å². The van der Waals surface area contributed by atoms with Gasteiger partial charge in [0.1, 0.15) is 5.52 Å². The summed E-state index contributed by atoms with van der Waals surface area (Å²) < 4.78 is 2.63. The van der Waals surface area contributed by atoms with E-state index < -0.39 is 0 Å². The fraction of sp³-hybridized carbons (Fsp3) is 0.500. The number of nitrogens with one attached hydrogen (secondary N) is 1. The molecule has 0 radical (unpaired) electrons. The van der Waals surface area contributed by atoms with Gasteiger partial charge in [0.2, 0.25) is 0 Å². The van der Waals surface area contributed by atoms with Crippen LogP contribution in [0, 0.1) is 0 Å². The second kappa shape index (κ2) is 5.13. The molecule has 0 unspecified atom stereocenters. The minimum atomic E-state index is -0.382. The Kier molecular flexibility index (Phi) is 3.87. The molecule has 1 N–H and O–H groups in total. The predicted molar refractivity (Wildman–Crippen MR) is 83.7 cm³/mol. The summed E-state index contributed by atoms with van der Waals surface area (Å²) in [6.45, 7) is 2.26. The SMILES string of the molecule is Cn1ccc2[nH]c(=O)n(CC[C@@](C)(S)CS)c(=O)c21. The smallest absolute Gasteiger partial charge is 0.328 e. The molecule has 0 saturated heterocycles. The van der Waals surface area contributed by atoms with Crippen LogP contribution in [0.4, 0.5) is 0 Å². The summed E-state index contributed by atoms with van der Waals surface area (Å²) in [7, 11) is 1.78. The first-order chi connectivity index (χ1) is 8.85. The van der Waals surface area contributed by atoms with Crippen LogP contribution >= 0.6 is 25.3 Å². The first-order valence-electron chi connectivity index (χ1n) is 5.97. The largest absolute Gasteiger partial charge is 0.345 e. The molecule has 0 aromatic carbocycles. The van der Waals surface area contributed by atoms with E-state index in [0.29, 0.717) is 29.8 Å². The van der Waals surface area contributed by atoms with Crippen molar-refractivity contribution in [1.82, 2.24) is 14.1 Å². The Labute approximate surface area is 121 Å².